The van der Waals surface area contributed by atoms with Crippen LogP contribution >= 0.6 is 0 Å². The molecule has 0 unspecified atom stereocenters. The fourth-order valence-electron chi connectivity index (χ4n) is 0.700. The van der Waals surface area contributed by atoms with Gasteiger partial charge in [0.05, 0.1) is 0 Å². The van der Waals surface area contributed by atoms with E-state index >= 15 is 0 Å². The van der Waals surface area contributed by atoms with Crippen LogP contribution in [0.3, 0.4) is 0 Å². The summed E-state index contributed by atoms with van der Waals surface area (Å²) in [5.74, 6) is -0.236. The van der Waals surface area contributed by atoms with Crippen LogP contribution in [0.15, 0.2) is 10.9 Å². The Bertz CT molecular complexity index is 220. The molecule has 5 nitrogen and oxygen atoms in total. The van der Waals surface area contributed by atoms with Crippen molar-refractivity contribution in [3.05, 3.63) is 12.2 Å². The molecule has 0 aliphatic heterocycles. The predicted molar refractivity (Wildman–Crippen MR) is 34.9 cm³/mol. The van der Waals surface area contributed by atoms with E-state index in [1.165, 1.54) is 6.39 Å². The molecule has 0 atom stereocenters. The van der Waals surface area contributed by atoms with Gasteiger partial charge in [-0.1, -0.05) is 5.16 Å². The van der Waals surface area contributed by atoms with Crippen LogP contribution in [-0.4, -0.2) is 21.2 Å². The van der Waals surface area contributed by atoms with Crippen molar-refractivity contribution < 1.29 is 14.4 Å². The van der Waals surface area contributed by atoms with Crippen LogP contribution in [0.1, 0.15) is 18.7 Å². The summed E-state index contributed by atoms with van der Waals surface area (Å²) in [6.07, 6.45) is 2.49. The number of carboxylic acid groups (broad SMARTS) is 1. The van der Waals surface area contributed by atoms with Crippen LogP contribution in [0.5, 0.6) is 0 Å². The van der Waals surface area contributed by atoms with Crippen molar-refractivity contribution in [3.63, 3.8) is 0 Å². The summed E-state index contributed by atoms with van der Waals surface area (Å²) in [4.78, 5) is 13.8. The number of nitrogens with zero attached hydrogens (tertiary/aromatic N) is 2. The first-order valence-electron chi connectivity index (χ1n) is 3.26. The van der Waals surface area contributed by atoms with E-state index in [4.69, 9.17) is 5.11 Å². The number of aliphatic carboxylic acids is 1. The van der Waals surface area contributed by atoms with E-state index in [-0.39, 0.29) is 6.42 Å². The smallest absolute Gasteiger partial charge is 0.303 e. The highest BCUT2D eigenvalue weighted by atomic mass is 16.5. The molecular formula is C6H8N2O3. The zero-order valence-electron chi connectivity index (χ0n) is 5.86. The second kappa shape index (κ2) is 3.70. The standard InChI is InChI=1S/C6H8N2O3/c9-6(10)3-1-2-5-7-4-11-8-5/h4H,1-3H2,(H,9,10). The van der Waals surface area contributed by atoms with Gasteiger partial charge >= 0.3 is 5.97 Å². The van der Waals surface area contributed by atoms with Crippen molar-refractivity contribution in [1.82, 2.24) is 10.1 Å². The third-order valence-corrected chi connectivity index (χ3v) is 1.20. The molecule has 1 rings (SSSR count). The van der Waals surface area contributed by atoms with Gasteiger partial charge in [0, 0.05) is 12.8 Å². The number of hydrogen-bond donors (Lipinski definition) is 1. The average Bonchev–Trinajstić information content (AvgIpc) is 2.39. The molecule has 0 aliphatic rings. The Morgan fingerprint density at radius 3 is 3.09 bits per heavy atom. The van der Waals surface area contributed by atoms with E-state index in [0.29, 0.717) is 18.7 Å². The Morgan fingerprint density at radius 1 is 1.73 bits per heavy atom. The van der Waals surface area contributed by atoms with E-state index in [2.05, 4.69) is 14.7 Å². The number of aromatic nitrogens is 2. The summed E-state index contributed by atoms with van der Waals surface area (Å²) in [5, 5.41) is 11.8. The maximum absolute atomic E-state index is 10.1. The van der Waals surface area contributed by atoms with Gasteiger partial charge in [-0.25, -0.2) is 0 Å². The molecule has 0 saturated carbocycles. The Balaban J connectivity index is 2.19. The summed E-state index contributed by atoms with van der Waals surface area (Å²) in [7, 11) is 0. The van der Waals surface area contributed by atoms with Gasteiger partial charge in [-0.15, -0.1) is 0 Å². The van der Waals surface area contributed by atoms with Gasteiger partial charge in [-0.05, 0) is 6.42 Å². The zero-order valence-corrected chi connectivity index (χ0v) is 5.86. The SMILES string of the molecule is O=C(O)CCCc1ncon1. The van der Waals surface area contributed by atoms with Crippen molar-refractivity contribution in [1.29, 1.82) is 0 Å². The summed E-state index contributed by atoms with van der Waals surface area (Å²) in [5.41, 5.74) is 0. The zero-order chi connectivity index (χ0) is 8.10. The first-order valence-corrected chi connectivity index (χ1v) is 3.26. The third-order valence-electron chi connectivity index (χ3n) is 1.20. The van der Waals surface area contributed by atoms with Crippen LogP contribution < -0.4 is 0 Å². The topological polar surface area (TPSA) is 76.2 Å². The summed E-state index contributed by atoms with van der Waals surface area (Å²) < 4.78 is 4.46. The molecule has 5 heteroatoms. The first-order chi connectivity index (χ1) is 5.29. The highest BCUT2D eigenvalue weighted by Gasteiger charge is 2.00. The van der Waals surface area contributed by atoms with Crippen molar-refractivity contribution in [2.75, 3.05) is 0 Å². The van der Waals surface area contributed by atoms with Crippen LogP contribution in [0.4, 0.5) is 0 Å². The summed E-state index contributed by atoms with van der Waals surface area (Å²) in [6.45, 7) is 0. The quantitative estimate of drug-likeness (QED) is 0.685. The second-order valence-corrected chi connectivity index (χ2v) is 2.09. The molecular weight excluding hydrogens is 148 g/mol. The van der Waals surface area contributed by atoms with E-state index < -0.39 is 5.97 Å². The highest BCUT2D eigenvalue weighted by molar-refractivity contribution is 5.66. The lowest BCUT2D eigenvalue weighted by Gasteiger charge is -1.89. The maximum atomic E-state index is 10.1. The van der Waals surface area contributed by atoms with Crippen molar-refractivity contribution >= 4 is 5.97 Å². The van der Waals surface area contributed by atoms with Crippen LogP contribution in [0.2, 0.25) is 0 Å². The summed E-state index contributed by atoms with van der Waals surface area (Å²) in [6, 6.07) is 0. The Hall–Kier alpha value is -1.39. The third kappa shape index (κ3) is 2.79. The molecule has 1 N–H and O–H groups in total. The Labute approximate surface area is 63.0 Å². The van der Waals surface area contributed by atoms with Gasteiger partial charge in [0.2, 0.25) is 6.39 Å². The minimum absolute atomic E-state index is 0.147. The molecule has 0 amide bonds. The van der Waals surface area contributed by atoms with Gasteiger partial charge in [0.1, 0.15) is 0 Å². The lowest BCUT2D eigenvalue weighted by Crippen LogP contribution is -1.96. The number of carbonyl (C=O) groups is 1. The first kappa shape index (κ1) is 7.71. The van der Waals surface area contributed by atoms with Crippen LogP contribution in [0, 0.1) is 0 Å². The average molecular weight is 156 g/mol. The molecule has 60 valence electrons. The molecule has 1 aromatic rings. The normalized spacial score (nSPS) is 9.82. The molecule has 0 aliphatic carbocycles. The summed E-state index contributed by atoms with van der Waals surface area (Å²) >= 11 is 0. The highest BCUT2D eigenvalue weighted by Crippen LogP contribution is 1.97. The van der Waals surface area contributed by atoms with Crippen molar-refractivity contribution in [2.24, 2.45) is 0 Å². The number of rotatable bonds is 4. The van der Waals surface area contributed by atoms with Crippen LogP contribution in [-0.2, 0) is 11.2 Å². The Kier molecular flexibility index (Phi) is 2.59. The van der Waals surface area contributed by atoms with E-state index in [1.54, 1.807) is 0 Å². The monoisotopic (exact) mass is 156 g/mol. The van der Waals surface area contributed by atoms with E-state index in [1.807, 2.05) is 0 Å². The van der Waals surface area contributed by atoms with Crippen LogP contribution in [0.25, 0.3) is 0 Å². The van der Waals surface area contributed by atoms with Gasteiger partial charge in [0.25, 0.3) is 0 Å². The molecule has 0 spiro atoms. The molecule has 0 radical (unpaired) electrons. The van der Waals surface area contributed by atoms with Gasteiger partial charge < -0.3 is 9.63 Å². The molecule has 0 fully saturated rings. The minimum Gasteiger partial charge on any atom is -0.481 e. The molecule has 0 saturated heterocycles. The van der Waals surface area contributed by atoms with Gasteiger partial charge in [-0.2, -0.15) is 4.98 Å². The number of aryl methyl sites for hydroxylation is 1. The predicted octanol–water partition coefficient (Wildman–Crippen LogP) is 0.477. The van der Waals surface area contributed by atoms with Gasteiger partial charge in [-0.3, -0.25) is 4.79 Å². The molecule has 0 bridgehead atoms. The maximum Gasteiger partial charge on any atom is 0.303 e. The Morgan fingerprint density at radius 2 is 2.55 bits per heavy atom. The second-order valence-electron chi connectivity index (χ2n) is 2.09. The van der Waals surface area contributed by atoms with Crippen molar-refractivity contribution in [3.8, 4) is 0 Å². The number of hydrogen-bond acceptors (Lipinski definition) is 4. The largest absolute Gasteiger partial charge is 0.481 e. The lowest BCUT2D eigenvalue weighted by atomic mass is 10.2. The molecule has 11 heavy (non-hydrogen) atoms. The van der Waals surface area contributed by atoms with Crippen molar-refractivity contribution in [2.45, 2.75) is 19.3 Å². The lowest BCUT2D eigenvalue weighted by molar-refractivity contribution is -0.137. The van der Waals surface area contributed by atoms with E-state index in [9.17, 15) is 4.79 Å². The molecule has 1 aromatic heterocycles. The van der Waals surface area contributed by atoms with E-state index in [0.717, 1.165) is 0 Å². The molecule has 0 aromatic carbocycles. The fraction of sp³-hybridized carbons (Fsp3) is 0.500. The van der Waals surface area contributed by atoms with Gasteiger partial charge in [0.15, 0.2) is 5.82 Å². The number of carboxylic acids is 1. The molecule has 1 heterocycles. The minimum atomic E-state index is -0.798. The fourth-order valence-corrected chi connectivity index (χ4v) is 0.700.